The Morgan fingerprint density at radius 2 is 1.83 bits per heavy atom. The SMILES string of the molecule is COc1ccccc1N1CCN(Cc2coc(=O)c(CN3C[C@@]4(C)C[C@H]3CC(C)(C)C4)c2O)CC1. The van der Waals surface area contributed by atoms with Gasteiger partial charge in [-0.05, 0) is 42.2 Å². The lowest BCUT2D eigenvalue weighted by Crippen LogP contribution is -2.46. The maximum absolute atomic E-state index is 12.6. The van der Waals surface area contributed by atoms with Gasteiger partial charge < -0.3 is 19.2 Å². The van der Waals surface area contributed by atoms with Gasteiger partial charge in [-0.3, -0.25) is 9.80 Å². The van der Waals surface area contributed by atoms with E-state index in [1.54, 1.807) is 7.11 Å². The zero-order valence-electron chi connectivity index (χ0n) is 21.5. The van der Waals surface area contributed by atoms with Crippen LogP contribution in [-0.4, -0.2) is 60.8 Å². The minimum atomic E-state index is -0.418. The molecule has 7 nitrogen and oxygen atoms in total. The molecule has 3 fully saturated rings. The number of ether oxygens (including phenoxy) is 1. The Kier molecular flexibility index (Phi) is 6.34. The lowest BCUT2D eigenvalue weighted by molar-refractivity contribution is 0.126. The molecule has 0 spiro atoms. The molecule has 2 aliphatic heterocycles. The van der Waals surface area contributed by atoms with Crippen molar-refractivity contribution in [3.05, 3.63) is 52.1 Å². The van der Waals surface area contributed by atoms with Crippen molar-refractivity contribution in [3.8, 4) is 11.5 Å². The van der Waals surface area contributed by atoms with Gasteiger partial charge in [0.1, 0.15) is 17.8 Å². The summed E-state index contributed by atoms with van der Waals surface area (Å²) < 4.78 is 10.9. The van der Waals surface area contributed by atoms with Crippen molar-refractivity contribution in [2.75, 3.05) is 44.7 Å². The topological polar surface area (TPSA) is 69.4 Å². The number of hydrogen-bond donors (Lipinski definition) is 1. The van der Waals surface area contributed by atoms with Crippen LogP contribution in [0.2, 0.25) is 0 Å². The molecule has 0 radical (unpaired) electrons. The molecule has 2 saturated heterocycles. The Balaban J connectivity index is 1.26. The Labute approximate surface area is 208 Å². The van der Waals surface area contributed by atoms with E-state index in [0.29, 0.717) is 35.7 Å². The first-order valence-corrected chi connectivity index (χ1v) is 12.8. The third-order valence-electron chi connectivity index (χ3n) is 8.22. The molecule has 1 saturated carbocycles. The van der Waals surface area contributed by atoms with Crippen LogP contribution >= 0.6 is 0 Å². The second-order valence-corrected chi connectivity index (χ2v) is 11.9. The molecule has 3 heterocycles. The Hall–Kier alpha value is -2.51. The molecule has 1 aliphatic carbocycles. The number of benzene rings is 1. The van der Waals surface area contributed by atoms with Crippen molar-refractivity contribution in [1.82, 2.24) is 9.80 Å². The fraction of sp³-hybridized carbons (Fsp3) is 0.607. The van der Waals surface area contributed by atoms with Crippen LogP contribution < -0.4 is 15.3 Å². The lowest BCUT2D eigenvalue weighted by Gasteiger charge is -2.39. The maximum Gasteiger partial charge on any atom is 0.343 e. The number of para-hydroxylation sites is 2. The number of likely N-dealkylation sites (tertiary alicyclic amines) is 1. The third-order valence-corrected chi connectivity index (χ3v) is 8.22. The van der Waals surface area contributed by atoms with Crippen molar-refractivity contribution in [2.24, 2.45) is 10.8 Å². The summed E-state index contributed by atoms with van der Waals surface area (Å²) >= 11 is 0. The fourth-order valence-electron chi connectivity index (χ4n) is 7.04. The standard InChI is InChI=1S/C28H39N3O4/c1-27(2)13-21-14-28(3,18-27)19-31(21)16-22-25(32)20(17-35-26(22)33)15-29-9-11-30(12-10-29)23-7-5-6-8-24(23)34-4/h5-8,17,21,32H,9-16,18-19H2,1-4H3/t21-,28+/m1/s1. The maximum atomic E-state index is 12.6. The van der Waals surface area contributed by atoms with Gasteiger partial charge in [0.25, 0.3) is 0 Å². The van der Waals surface area contributed by atoms with Crippen molar-refractivity contribution in [1.29, 1.82) is 0 Å². The van der Waals surface area contributed by atoms with Crippen LogP contribution in [0.15, 0.2) is 39.7 Å². The first kappa shape index (κ1) is 24.2. The average Bonchev–Trinajstić information content (AvgIpc) is 3.06. The van der Waals surface area contributed by atoms with Gasteiger partial charge in [0.15, 0.2) is 0 Å². The Bertz CT molecular complexity index is 1120. The highest BCUT2D eigenvalue weighted by Gasteiger charge is 2.49. The van der Waals surface area contributed by atoms with Gasteiger partial charge in [0.05, 0.1) is 18.4 Å². The van der Waals surface area contributed by atoms with Crippen LogP contribution in [0.5, 0.6) is 11.5 Å². The summed E-state index contributed by atoms with van der Waals surface area (Å²) in [6.07, 6.45) is 4.94. The number of anilines is 1. The van der Waals surface area contributed by atoms with Gasteiger partial charge >= 0.3 is 5.63 Å². The second-order valence-electron chi connectivity index (χ2n) is 11.9. The van der Waals surface area contributed by atoms with Crippen molar-refractivity contribution < 1.29 is 14.3 Å². The summed E-state index contributed by atoms with van der Waals surface area (Å²) in [4.78, 5) is 19.7. The molecule has 2 aromatic rings. The van der Waals surface area contributed by atoms with Crippen LogP contribution in [0.4, 0.5) is 5.69 Å². The van der Waals surface area contributed by atoms with Gasteiger partial charge in [-0.1, -0.05) is 32.9 Å². The predicted molar refractivity (Wildman–Crippen MR) is 137 cm³/mol. The number of rotatable bonds is 6. The first-order valence-electron chi connectivity index (χ1n) is 12.8. The summed E-state index contributed by atoms with van der Waals surface area (Å²) in [5, 5.41) is 11.1. The molecule has 35 heavy (non-hydrogen) atoms. The van der Waals surface area contributed by atoms with E-state index in [1.807, 2.05) is 18.2 Å². The van der Waals surface area contributed by atoms with Crippen molar-refractivity contribution >= 4 is 5.69 Å². The Morgan fingerprint density at radius 3 is 2.57 bits per heavy atom. The summed E-state index contributed by atoms with van der Waals surface area (Å²) in [7, 11) is 1.70. The van der Waals surface area contributed by atoms with Crippen LogP contribution in [0.1, 0.15) is 51.2 Å². The Morgan fingerprint density at radius 1 is 1.09 bits per heavy atom. The molecule has 1 N–H and O–H groups in total. The summed E-state index contributed by atoms with van der Waals surface area (Å²) in [6, 6.07) is 8.55. The normalized spacial score (nSPS) is 26.7. The highest BCUT2D eigenvalue weighted by molar-refractivity contribution is 5.58. The molecule has 5 rings (SSSR count). The highest BCUT2D eigenvalue weighted by atomic mass is 16.5. The van der Waals surface area contributed by atoms with E-state index in [0.717, 1.165) is 50.6 Å². The van der Waals surface area contributed by atoms with Crippen LogP contribution in [-0.2, 0) is 13.1 Å². The number of hydrogen-bond acceptors (Lipinski definition) is 7. The molecule has 3 aliphatic rings. The van der Waals surface area contributed by atoms with Crippen LogP contribution in [0.3, 0.4) is 0 Å². The number of aromatic hydroxyl groups is 1. The van der Waals surface area contributed by atoms with E-state index in [9.17, 15) is 9.90 Å². The van der Waals surface area contributed by atoms with Gasteiger partial charge in [-0.2, -0.15) is 0 Å². The van der Waals surface area contributed by atoms with E-state index < -0.39 is 5.63 Å². The molecule has 190 valence electrons. The average molecular weight is 482 g/mol. The minimum absolute atomic E-state index is 0.110. The monoisotopic (exact) mass is 481 g/mol. The number of nitrogens with zero attached hydrogens (tertiary/aromatic N) is 3. The van der Waals surface area contributed by atoms with Gasteiger partial charge in [0.2, 0.25) is 0 Å². The predicted octanol–water partition coefficient (Wildman–Crippen LogP) is 4.08. The molecule has 1 aromatic heterocycles. The van der Waals surface area contributed by atoms with E-state index in [2.05, 4.69) is 41.5 Å². The molecule has 7 heteroatoms. The fourth-order valence-corrected chi connectivity index (χ4v) is 7.04. The molecular formula is C28H39N3O4. The quantitative estimate of drug-likeness (QED) is 0.667. The minimum Gasteiger partial charge on any atom is -0.507 e. The molecule has 2 atom stereocenters. The molecule has 1 aromatic carbocycles. The lowest BCUT2D eigenvalue weighted by atomic mass is 9.65. The highest BCUT2D eigenvalue weighted by Crippen LogP contribution is 2.52. The number of methoxy groups -OCH3 is 1. The number of piperazine rings is 1. The third kappa shape index (κ3) is 4.94. The van der Waals surface area contributed by atoms with E-state index >= 15 is 0 Å². The summed E-state index contributed by atoms with van der Waals surface area (Å²) in [5.74, 6) is 0.996. The van der Waals surface area contributed by atoms with Crippen LogP contribution in [0.25, 0.3) is 0 Å². The summed E-state index contributed by atoms with van der Waals surface area (Å²) in [6.45, 7) is 12.5. The smallest absolute Gasteiger partial charge is 0.343 e. The van der Waals surface area contributed by atoms with Gasteiger partial charge in [-0.25, -0.2) is 4.79 Å². The van der Waals surface area contributed by atoms with E-state index in [1.165, 1.54) is 19.1 Å². The van der Waals surface area contributed by atoms with Crippen molar-refractivity contribution in [3.63, 3.8) is 0 Å². The zero-order chi connectivity index (χ0) is 24.8. The molecule has 0 amide bonds. The largest absolute Gasteiger partial charge is 0.507 e. The zero-order valence-corrected chi connectivity index (χ0v) is 21.5. The summed E-state index contributed by atoms with van der Waals surface area (Å²) in [5.41, 5.74) is 2.38. The first-order chi connectivity index (χ1) is 16.7. The molecule has 0 unspecified atom stereocenters. The molecular weight excluding hydrogens is 442 g/mol. The van der Waals surface area contributed by atoms with E-state index in [4.69, 9.17) is 9.15 Å². The van der Waals surface area contributed by atoms with Gasteiger partial charge in [-0.15, -0.1) is 0 Å². The van der Waals surface area contributed by atoms with Gasteiger partial charge in [0, 0.05) is 57.4 Å². The molecule has 2 bridgehead atoms. The van der Waals surface area contributed by atoms with Crippen molar-refractivity contribution in [2.45, 2.75) is 59.2 Å². The van der Waals surface area contributed by atoms with E-state index in [-0.39, 0.29) is 11.2 Å². The van der Waals surface area contributed by atoms with Crippen LogP contribution in [0, 0.1) is 10.8 Å². The second kappa shape index (κ2) is 9.17. The number of fused-ring (bicyclic) bond motifs is 2.